The largest absolute Gasteiger partial charge is 0.487 e. The number of ether oxygens (including phenoxy) is 1. The minimum atomic E-state index is 0.515. The summed E-state index contributed by atoms with van der Waals surface area (Å²) in [5, 5.41) is 3.02. The van der Waals surface area contributed by atoms with Crippen molar-refractivity contribution < 1.29 is 4.74 Å². The second-order valence-electron chi connectivity index (χ2n) is 7.54. The molecule has 0 N–H and O–H groups in total. The highest BCUT2D eigenvalue weighted by molar-refractivity contribution is 7.13. The van der Waals surface area contributed by atoms with Crippen LogP contribution in [0.15, 0.2) is 103 Å². The molecule has 1 aliphatic heterocycles. The maximum Gasteiger partial charge on any atom is 0.143 e. The number of benzene rings is 3. The van der Waals surface area contributed by atoms with Crippen LogP contribution in [0.4, 0.5) is 17.1 Å². The molecule has 0 radical (unpaired) electrons. The van der Waals surface area contributed by atoms with Crippen LogP contribution in [0.2, 0.25) is 0 Å². The van der Waals surface area contributed by atoms with E-state index in [0.29, 0.717) is 6.61 Å². The van der Waals surface area contributed by atoms with Gasteiger partial charge in [0.15, 0.2) is 0 Å². The number of anilines is 3. The molecule has 5 aromatic rings. The molecule has 0 saturated carbocycles. The maximum absolute atomic E-state index is 6.21. The Kier molecular flexibility index (Phi) is 4.66. The van der Waals surface area contributed by atoms with Crippen molar-refractivity contribution >= 4 is 28.4 Å². The highest BCUT2D eigenvalue weighted by Gasteiger charge is 2.24. The minimum Gasteiger partial charge on any atom is -0.487 e. The lowest BCUT2D eigenvalue weighted by atomic mass is 10.1. The fourth-order valence-corrected chi connectivity index (χ4v) is 4.69. The zero-order chi connectivity index (χ0) is 21.3. The van der Waals surface area contributed by atoms with Crippen LogP contribution in [0, 0.1) is 0 Å². The van der Waals surface area contributed by atoms with Crippen molar-refractivity contribution in [2.24, 2.45) is 0 Å². The zero-order valence-corrected chi connectivity index (χ0v) is 18.0. The van der Waals surface area contributed by atoms with Gasteiger partial charge in [-0.25, -0.2) is 4.98 Å². The molecule has 0 aliphatic carbocycles. The molecule has 3 heterocycles. The Balaban J connectivity index is 1.56. The number of hydrogen-bond donors (Lipinski definition) is 0. The molecule has 32 heavy (non-hydrogen) atoms. The monoisotopic (exact) mass is 433 g/mol. The first-order chi connectivity index (χ1) is 15.9. The average molecular weight is 434 g/mol. The van der Waals surface area contributed by atoms with Gasteiger partial charge in [0, 0.05) is 40.2 Å². The first-order valence-corrected chi connectivity index (χ1v) is 11.3. The molecule has 0 bridgehead atoms. The molecule has 0 fully saturated rings. The normalized spacial score (nSPS) is 12.4. The third-order valence-corrected chi connectivity index (χ3v) is 6.38. The Morgan fingerprint density at radius 2 is 1.69 bits per heavy atom. The summed E-state index contributed by atoms with van der Waals surface area (Å²) in [4.78, 5) is 11.3. The SMILES string of the molecule is c1ccc(-c2cccc(N3c4cc(-c5nccs5)ccc4COc4ccccc43)c2)nc1. The van der Waals surface area contributed by atoms with Gasteiger partial charge >= 0.3 is 0 Å². The number of thiazole rings is 1. The fourth-order valence-electron chi connectivity index (χ4n) is 4.06. The van der Waals surface area contributed by atoms with E-state index in [-0.39, 0.29) is 0 Å². The molecule has 0 amide bonds. The maximum atomic E-state index is 6.21. The van der Waals surface area contributed by atoms with Crippen molar-refractivity contribution in [2.45, 2.75) is 6.61 Å². The van der Waals surface area contributed by atoms with Crippen molar-refractivity contribution in [1.82, 2.24) is 9.97 Å². The van der Waals surface area contributed by atoms with Crippen LogP contribution < -0.4 is 9.64 Å². The molecule has 0 unspecified atom stereocenters. The van der Waals surface area contributed by atoms with Crippen molar-refractivity contribution in [3.05, 3.63) is 108 Å². The van der Waals surface area contributed by atoms with Gasteiger partial charge in [0.1, 0.15) is 17.4 Å². The fraction of sp³-hybridized carbons (Fsp3) is 0.0370. The molecule has 0 atom stereocenters. The average Bonchev–Trinajstić information content (AvgIpc) is 3.34. The first-order valence-electron chi connectivity index (χ1n) is 10.4. The molecular formula is C27H19N3OS. The third-order valence-electron chi connectivity index (χ3n) is 5.56. The van der Waals surface area contributed by atoms with Gasteiger partial charge in [0.25, 0.3) is 0 Å². The lowest BCUT2D eigenvalue weighted by molar-refractivity contribution is 0.310. The van der Waals surface area contributed by atoms with Gasteiger partial charge in [-0.05, 0) is 42.5 Å². The van der Waals surface area contributed by atoms with Crippen molar-refractivity contribution in [2.75, 3.05) is 4.90 Å². The smallest absolute Gasteiger partial charge is 0.143 e. The van der Waals surface area contributed by atoms with Gasteiger partial charge in [-0.2, -0.15) is 0 Å². The van der Waals surface area contributed by atoms with Gasteiger partial charge < -0.3 is 9.64 Å². The molecule has 5 heteroatoms. The molecular weight excluding hydrogens is 414 g/mol. The van der Waals surface area contributed by atoms with Crippen molar-refractivity contribution in [3.8, 4) is 27.6 Å². The van der Waals surface area contributed by atoms with E-state index < -0.39 is 0 Å². The predicted octanol–water partition coefficient (Wildman–Crippen LogP) is 7.23. The first kappa shape index (κ1) is 18.8. The summed E-state index contributed by atoms with van der Waals surface area (Å²) in [5.41, 5.74) is 7.42. The van der Waals surface area contributed by atoms with E-state index in [1.165, 1.54) is 0 Å². The van der Waals surface area contributed by atoms with Crippen LogP contribution in [-0.4, -0.2) is 9.97 Å². The number of para-hydroxylation sites is 2. The Labute approximate surface area is 190 Å². The summed E-state index contributed by atoms with van der Waals surface area (Å²) in [7, 11) is 0. The van der Waals surface area contributed by atoms with Crippen LogP contribution in [-0.2, 0) is 6.61 Å². The summed E-state index contributed by atoms with van der Waals surface area (Å²) >= 11 is 1.65. The molecule has 0 saturated heterocycles. The Morgan fingerprint density at radius 3 is 2.56 bits per heavy atom. The number of rotatable bonds is 3. The molecule has 1 aliphatic rings. The Bertz CT molecular complexity index is 1380. The Morgan fingerprint density at radius 1 is 0.750 bits per heavy atom. The number of hydrogen-bond acceptors (Lipinski definition) is 5. The number of fused-ring (bicyclic) bond motifs is 2. The van der Waals surface area contributed by atoms with E-state index in [4.69, 9.17) is 4.74 Å². The topological polar surface area (TPSA) is 38.2 Å². The second-order valence-corrected chi connectivity index (χ2v) is 8.43. The zero-order valence-electron chi connectivity index (χ0n) is 17.2. The van der Waals surface area contributed by atoms with E-state index in [1.54, 1.807) is 11.3 Å². The molecule has 2 aromatic heterocycles. The summed E-state index contributed by atoms with van der Waals surface area (Å²) in [6, 6.07) is 29.2. The number of nitrogens with zero attached hydrogens (tertiary/aromatic N) is 3. The van der Waals surface area contributed by atoms with Gasteiger partial charge in [0.2, 0.25) is 0 Å². The van der Waals surface area contributed by atoms with E-state index >= 15 is 0 Å². The lowest BCUT2D eigenvalue weighted by Gasteiger charge is -2.26. The van der Waals surface area contributed by atoms with Gasteiger partial charge in [-0.15, -0.1) is 11.3 Å². The van der Waals surface area contributed by atoms with Crippen LogP contribution in [0.25, 0.3) is 21.8 Å². The van der Waals surface area contributed by atoms with E-state index in [2.05, 4.69) is 63.4 Å². The number of aromatic nitrogens is 2. The van der Waals surface area contributed by atoms with Crippen LogP contribution in [0.5, 0.6) is 5.75 Å². The molecule has 0 spiro atoms. The molecule has 3 aromatic carbocycles. The van der Waals surface area contributed by atoms with E-state index in [1.807, 2.05) is 54.2 Å². The van der Waals surface area contributed by atoms with Crippen LogP contribution in [0.1, 0.15) is 5.56 Å². The van der Waals surface area contributed by atoms with Crippen molar-refractivity contribution in [1.29, 1.82) is 0 Å². The van der Waals surface area contributed by atoms with Gasteiger partial charge in [-0.1, -0.05) is 42.5 Å². The summed E-state index contributed by atoms with van der Waals surface area (Å²) in [6.07, 6.45) is 3.67. The second kappa shape index (κ2) is 7.94. The third kappa shape index (κ3) is 3.33. The quantitative estimate of drug-likeness (QED) is 0.301. The summed E-state index contributed by atoms with van der Waals surface area (Å²) < 4.78 is 6.21. The van der Waals surface area contributed by atoms with Gasteiger partial charge in [0.05, 0.1) is 17.1 Å². The van der Waals surface area contributed by atoms with E-state index in [0.717, 1.165) is 50.2 Å². The highest BCUT2D eigenvalue weighted by atomic mass is 32.1. The highest BCUT2D eigenvalue weighted by Crippen LogP contribution is 2.46. The number of pyridine rings is 1. The van der Waals surface area contributed by atoms with E-state index in [9.17, 15) is 0 Å². The minimum absolute atomic E-state index is 0.515. The standard InChI is InChI=1S/C27H19N3OS/c1-2-10-26-24(9-1)30(22-7-5-6-19(16-22)23-8-3-4-13-28-23)25-17-20(27-29-14-15-32-27)11-12-21(25)18-31-26/h1-17H,18H2. The summed E-state index contributed by atoms with van der Waals surface area (Å²) in [5.74, 6) is 0.864. The molecule has 154 valence electrons. The molecule has 4 nitrogen and oxygen atoms in total. The summed E-state index contributed by atoms with van der Waals surface area (Å²) in [6.45, 7) is 0.515. The van der Waals surface area contributed by atoms with Gasteiger partial charge in [-0.3, -0.25) is 4.98 Å². The Hall–Kier alpha value is -3.96. The molecule has 6 rings (SSSR count). The van der Waals surface area contributed by atoms with Crippen molar-refractivity contribution in [3.63, 3.8) is 0 Å². The van der Waals surface area contributed by atoms with Crippen LogP contribution >= 0.6 is 11.3 Å². The predicted molar refractivity (Wildman–Crippen MR) is 130 cm³/mol. The van der Waals surface area contributed by atoms with Crippen LogP contribution in [0.3, 0.4) is 0 Å². The lowest BCUT2D eigenvalue weighted by Crippen LogP contribution is -2.11.